The van der Waals surface area contributed by atoms with Gasteiger partial charge in [0, 0.05) is 19.6 Å². The molecule has 2 aliphatic heterocycles. The summed E-state index contributed by atoms with van der Waals surface area (Å²) in [5, 5.41) is 0. The molecule has 2 rings (SSSR count). The fourth-order valence-corrected chi connectivity index (χ4v) is 1.94. The predicted octanol–water partition coefficient (Wildman–Crippen LogP) is 0.959. The van der Waals surface area contributed by atoms with Crippen molar-refractivity contribution in [1.82, 2.24) is 4.90 Å². The summed E-state index contributed by atoms with van der Waals surface area (Å²) >= 11 is 0. The van der Waals surface area contributed by atoms with Crippen LogP contribution in [0.15, 0.2) is 11.9 Å². The molecular formula is C10H16FNO2. The van der Waals surface area contributed by atoms with Crippen LogP contribution in [0.4, 0.5) is 4.39 Å². The van der Waals surface area contributed by atoms with Crippen molar-refractivity contribution in [2.75, 3.05) is 32.8 Å². The van der Waals surface area contributed by atoms with Crippen LogP contribution in [-0.2, 0) is 9.47 Å². The lowest BCUT2D eigenvalue weighted by Gasteiger charge is -2.24. The molecule has 0 aromatic heterocycles. The average Bonchev–Trinajstić information content (AvgIpc) is 2.57. The smallest absolute Gasteiger partial charge is 0.0977 e. The second-order valence-electron chi connectivity index (χ2n) is 3.83. The summed E-state index contributed by atoms with van der Waals surface area (Å²) in [6.45, 7) is 5.21. The number of nitrogens with zero attached hydrogens (tertiary/aromatic N) is 1. The van der Waals surface area contributed by atoms with E-state index in [0.29, 0.717) is 19.8 Å². The van der Waals surface area contributed by atoms with Gasteiger partial charge in [-0.05, 0) is 13.0 Å². The van der Waals surface area contributed by atoms with Crippen molar-refractivity contribution in [1.29, 1.82) is 0 Å². The highest BCUT2D eigenvalue weighted by Crippen LogP contribution is 2.19. The Morgan fingerprint density at radius 2 is 1.93 bits per heavy atom. The van der Waals surface area contributed by atoms with E-state index in [9.17, 15) is 4.39 Å². The van der Waals surface area contributed by atoms with Gasteiger partial charge in [0.05, 0.1) is 31.2 Å². The minimum Gasteiger partial charge on any atom is -0.372 e. The molecule has 2 aliphatic rings. The van der Waals surface area contributed by atoms with E-state index < -0.39 is 0 Å². The number of ether oxygens (including phenoxy) is 2. The summed E-state index contributed by atoms with van der Waals surface area (Å²) in [5.74, 6) is -0.123. The zero-order chi connectivity index (χ0) is 9.97. The van der Waals surface area contributed by atoms with Gasteiger partial charge in [-0.1, -0.05) is 0 Å². The first-order valence-corrected chi connectivity index (χ1v) is 5.03. The molecule has 80 valence electrons. The van der Waals surface area contributed by atoms with Crippen molar-refractivity contribution in [3.05, 3.63) is 11.9 Å². The number of fused-ring (bicyclic) bond motifs is 1. The summed E-state index contributed by atoms with van der Waals surface area (Å²) in [6.07, 6.45) is 1.98. The van der Waals surface area contributed by atoms with Crippen molar-refractivity contribution in [3.8, 4) is 0 Å². The van der Waals surface area contributed by atoms with Crippen molar-refractivity contribution in [2.24, 2.45) is 0 Å². The summed E-state index contributed by atoms with van der Waals surface area (Å²) in [4.78, 5) is 2.16. The van der Waals surface area contributed by atoms with Gasteiger partial charge in [0.15, 0.2) is 0 Å². The van der Waals surface area contributed by atoms with Gasteiger partial charge in [-0.15, -0.1) is 0 Å². The molecular weight excluding hydrogens is 185 g/mol. The van der Waals surface area contributed by atoms with E-state index in [2.05, 4.69) is 4.90 Å². The summed E-state index contributed by atoms with van der Waals surface area (Å²) in [5.41, 5.74) is 0. The van der Waals surface area contributed by atoms with Gasteiger partial charge >= 0.3 is 0 Å². The number of rotatable bonds is 2. The van der Waals surface area contributed by atoms with Crippen LogP contribution in [0.2, 0.25) is 0 Å². The van der Waals surface area contributed by atoms with Gasteiger partial charge in [-0.2, -0.15) is 0 Å². The van der Waals surface area contributed by atoms with Crippen LogP contribution in [0, 0.1) is 0 Å². The molecule has 2 saturated heterocycles. The monoisotopic (exact) mass is 201 g/mol. The van der Waals surface area contributed by atoms with Crippen LogP contribution < -0.4 is 0 Å². The minimum absolute atomic E-state index is 0.123. The molecule has 0 radical (unpaired) electrons. The number of hydrogen-bond acceptors (Lipinski definition) is 3. The van der Waals surface area contributed by atoms with Crippen LogP contribution in [0.5, 0.6) is 0 Å². The molecule has 0 spiro atoms. The van der Waals surface area contributed by atoms with Crippen molar-refractivity contribution >= 4 is 0 Å². The molecule has 3 nitrogen and oxygen atoms in total. The maximum absolute atomic E-state index is 12.5. The van der Waals surface area contributed by atoms with Crippen LogP contribution in [0.25, 0.3) is 0 Å². The Morgan fingerprint density at radius 1 is 1.36 bits per heavy atom. The summed E-state index contributed by atoms with van der Waals surface area (Å²) in [6, 6.07) is 0. The van der Waals surface area contributed by atoms with Crippen LogP contribution in [0.3, 0.4) is 0 Å². The Morgan fingerprint density at radius 3 is 2.43 bits per heavy atom. The average molecular weight is 201 g/mol. The largest absolute Gasteiger partial charge is 0.372 e. The third-order valence-electron chi connectivity index (χ3n) is 2.67. The highest BCUT2D eigenvalue weighted by molar-refractivity contribution is 4.94. The number of hydrogen-bond donors (Lipinski definition) is 0. The van der Waals surface area contributed by atoms with Crippen molar-refractivity contribution in [3.63, 3.8) is 0 Å². The first-order chi connectivity index (χ1) is 6.75. The quantitative estimate of drug-likeness (QED) is 0.664. The third-order valence-corrected chi connectivity index (χ3v) is 2.67. The molecule has 0 aromatic rings. The van der Waals surface area contributed by atoms with Gasteiger partial charge in [0.1, 0.15) is 0 Å². The van der Waals surface area contributed by atoms with E-state index in [4.69, 9.17) is 9.47 Å². The van der Waals surface area contributed by atoms with Crippen molar-refractivity contribution < 1.29 is 13.9 Å². The zero-order valence-corrected chi connectivity index (χ0v) is 8.41. The van der Waals surface area contributed by atoms with E-state index in [1.165, 1.54) is 6.92 Å². The SMILES string of the molecule is C/C(F)=C\CN1CC2OCCOC2C1. The second-order valence-corrected chi connectivity index (χ2v) is 3.83. The lowest BCUT2D eigenvalue weighted by atomic mass is 10.2. The molecule has 4 heteroatoms. The Bertz CT molecular complexity index is 214. The fraction of sp³-hybridized carbons (Fsp3) is 0.800. The first kappa shape index (κ1) is 10.1. The van der Waals surface area contributed by atoms with Crippen LogP contribution >= 0.6 is 0 Å². The number of halogens is 1. The summed E-state index contributed by atoms with van der Waals surface area (Å²) < 4.78 is 23.6. The molecule has 2 unspecified atom stereocenters. The molecule has 0 aliphatic carbocycles. The molecule has 14 heavy (non-hydrogen) atoms. The van der Waals surface area contributed by atoms with Gasteiger partial charge < -0.3 is 9.47 Å². The number of allylic oxidation sites excluding steroid dienone is 1. The predicted molar refractivity (Wildman–Crippen MR) is 50.8 cm³/mol. The van der Waals surface area contributed by atoms with Crippen LogP contribution in [-0.4, -0.2) is 50.0 Å². The highest BCUT2D eigenvalue weighted by Gasteiger charge is 2.35. The maximum atomic E-state index is 12.5. The van der Waals surface area contributed by atoms with Gasteiger partial charge in [0.25, 0.3) is 0 Å². The molecule has 2 fully saturated rings. The van der Waals surface area contributed by atoms with Crippen LogP contribution in [0.1, 0.15) is 6.92 Å². The molecule has 2 heterocycles. The Labute approximate surface area is 83.5 Å². The second kappa shape index (κ2) is 4.38. The number of likely N-dealkylation sites (tertiary alicyclic amines) is 1. The lowest BCUT2D eigenvalue weighted by Crippen LogP contribution is -2.36. The molecule has 0 saturated carbocycles. The molecule has 0 aromatic carbocycles. The molecule has 0 N–H and O–H groups in total. The Hall–Kier alpha value is -0.450. The Balaban J connectivity index is 1.84. The molecule has 0 bridgehead atoms. The van der Waals surface area contributed by atoms with Gasteiger partial charge in [-0.25, -0.2) is 4.39 Å². The highest BCUT2D eigenvalue weighted by atomic mass is 19.1. The van der Waals surface area contributed by atoms with Gasteiger partial charge in [0.2, 0.25) is 0 Å². The maximum Gasteiger partial charge on any atom is 0.0977 e. The molecule has 2 atom stereocenters. The topological polar surface area (TPSA) is 21.7 Å². The fourth-order valence-electron chi connectivity index (χ4n) is 1.94. The summed E-state index contributed by atoms with van der Waals surface area (Å²) in [7, 11) is 0. The van der Waals surface area contributed by atoms with Gasteiger partial charge in [-0.3, -0.25) is 4.90 Å². The van der Waals surface area contributed by atoms with E-state index in [1.54, 1.807) is 6.08 Å². The normalized spacial score (nSPS) is 34.6. The molecule has 0 amide bonds. The zero-order valence-electron chi connectivity index (χ0n) is 8.41. The first-order valence-electron chi connectivity index (χ1n) is 5.03. The lowest BCUT2D eigenvalue weighted by molar-refractivity contribution is -0.116. The Kier molecular flexibility index (Phi) is 3.15. The van der Waals surface area contributed by atoms with E-state index >= 15 is 0 Å². The third kappa shape index (κ3) is 2.32. The standard InChI is InChI=1S/C10H16FNO2/c1-8(11)2-3-12-6-9-10(7-12)14-5-4-13-9/h2,9-10H,3-7H2,1H3/b8-2+. The van der Waals surface area contributed by atoms with E-state index in [0.717, 1.165) is 13.1 Å². The van der Waals surface area contributed by atoms with E-state index in [1.807, 2.05) is 0 Å². The van der Waals surface area contributed by atoms with Crippen molar-refractivity contribution in [2.45, 2.75) is 19.1 Å². The minimum atomic E-state index is -0.123. The van der Waals surface area contributed by atoms with E-state index in [-0.39, 0.29) is 18.0 Å².